The van der Waals surface area contributed by atoms with Gasteiger partial charge in [0.25, 0.3) is 0 Å². The first-order valence-corrected chi connectivity index (χ1v) is 8.26. The molecule has 1 aromatic carbocycles. The van der Waals surface area contributed by atoms with Crippen LogP contribution < -0.4 is 11.3 Å². The number of nitrogens with one attached hydrogen (secondary N) is 1. The van der Waals surface area contributed by atoms with Crippen molar-refractivity contribution < 1.29 is 0 Å². The minimum Gasteiger partial charge on any atom is -0.271 e. The van der Waals surface area contributed by atoms with Crippen LogP contribution in [0.3, 0.4) is 0 Å². The first-order valence-electron chi connectivity index (χ1n) is 7.47. The molecule has 0 bridgehead atoms. The Hall–Kier alpha value is -0.380. The van der Waals surface area contributed by atoms with Gasteiger partial charge in [-0.1, -0.05) is 79.6 Å². The summed E-state index contributed by atoms with van der Waals surface area (Å²) in [6.07, 6.45) is 10.2. The zero-order valence-corrected chi connectivity index (χ0v) is 13.6. The van der Waals surface area contributed by atoms with E-state index in [9.17, 15) is 0 Å². The molecule has 0 aliphatic heterocycles. The summed E-state index contributed by atoms with van der Waals surface area (Å²) in [5, 5.41) is 0. The minimum atomic E-state index is 0.380. The Morgan fingerprint density at radius 1 is 1.11 bits per heavy atom. The van der Waals surface area contributed by atoms with Crippen molar-refractivity contribution in [3.05, 3.63) is 34.3 Å². The Kier molecular flexibility index (Phi) is 9.14. The highest BCUT2D eigenvalue weighted by Gasteiger charge is 2.09. The second-order valence-corrected chi connectivity index (χ2v) is 6.07. The highest BCUT2D eigenvalue weighted by molar-refractivity contribution is 9.10. The average molecular weight is 327 g/mol. The molecule has 0 fully saturated rings. The van der Waals surface area contributed by atoms with Gasteiger partial charge in [0.2, 0.25) is 0 Å². The van der Waals surface area contributed by atoms with Crippen molar-refractivity contribution in [3.8, 4) is 0 Å². The fraction of sp³-hybridized carbons (Fsp3) is 0.625. The molecule has 0 amide bonds. The molecule has 1 aromatic rings. The predicted molar refractivity (Wildman–Crippen MR) is 87.0 cm³/mol. The van der Waals surface area contributed by atoms with E-state index in [0.29, 0.717) is 6.04 Å². The maximum atomic E-state index is 5.67. The Morgan fingerprint density at radius 2 is 1.79 bits per heavy atom. The van der Waals surface area contributed by atoms with Crippen molar-refractivity contribution in [1.82, 2.24) is 5.43 Å². The zero-order chi connectivity index (χ0) is 13.9. The summed E-state index contributed by atoms with van der Waals surface area (Å²) in [5.41, 5.74) is 4.29. The van der Waals surface area contributed by atoms with Crippen molar-refractivity contribution in [3.63, 3.8) is 0 Å². The number of benzene rings is 1. The van der Waals surface area contributed by atoms with Gasteiger partial charge in [-0.3, -0.25) is 11.3 Å². The van der Waals surface area contributed by atoms with Gasteiger partial charge in [-0.2, -0.15) is 0 Å². The van der Waals surface area contributed by atoms with Crippen LogP contribution in [-0.4, -0.2) is 6.04 Å². The second-order valence-electron chi connectivity index (χ2n) is 5.22. The molecule has 19 heavy (non-hydrogen) atoms. The number of nitrogens with two attached hydrogens (primary N) is 1. The maximum absolute atomic E-state index is 5.67. The van der Waals surface area contributed by atoms with Gasteiger partial charge in [-0.05, 0) is 24.5 Å². The topological polar surface area (TPSA) is 38.0 Å². The van der Waals surface area contributed by atoms with E-state index < -0.39 is 0 Å². The lowest BCUT2D eigenvalue weighted by atomic mass is 10.00. The molecule has 0 radical (unpaired) electrons. The third kappa shape index (κ3) is 7.09. The molecule has 0 saturated heterocycles. The molecule has 1 rings (SSSR count). The monoisotopic (exact) mass is 326 g/mol. The van der Waals surface area contributed by atoms with Gasteiger partial charge in [0, 0.05) is 10.5 Å². The van der Waals surface area contributed by atoms with Crippen LogP contribution in [-0.2, 0) is 6.42 Å². The molecule has 0 aliphatic carbocycles. The largest absolute Gasteiger partial charge is 0.271 e. The van der Waals surface area contributed by atoms with Crippen LogP contribution >= 0.6 is 15.9 Å². The molecular weight excluding hydrogens is 300 g/mol. The quantitative estimate of drug-likeness (QED) is 0.375. The van der Waals surface area contributed by atoms with Crippen molar-refractivity contribution in [2.24, 2.45) is 5.84 Å². The number of unbranched alkanes of at least 4 members (excludes halogenated alkanes) is 5. The molecule has 108 valence electrons. The van der Waals surface area contributed by atoms with Gasteiger partial charge < -0.3 is 0 Å². The molecule has 1 atom stereocenters. The number of hydrogen-bond acceptors (Lipinski definition) is 2. The van der Waals surface area contributed by atoms with E-state index >= 15 is 0 Å². The molecule has 0 heterocycles. The first-order chi connectivity index (χ1) is 9.27. The molecule has 0 saturated carbocycles. The van der Waals surface area contributed by atoms with Gasteiger partial charge in [0.15, 0.2) is 0 Å². The fourth-order valence-corrected chi connectivity index (χ4v) is 2.79. The highest BCUT2D eigenvalue weighted by Crippen LogP contribution is 2.19. The van der Waals surface area contributed by atoms with Crippen LogP contribution in [0.15, 0.2) is 28.7 Å². The van der Waals surface area contributed by atoms with E-state index in [1.54, 1.807) is 0 Å². The number of hydrogen-bond donors (Lipinski definition) is 2. The lowest BCUT2D eigenvalue weighted by Gasteiger charge is -2.16. The lowest BCUT2D eigenvalue weighted by Crippen LogP contribution is -2.36. The first kappa shape index (κ1) is 16.7. The third-order valence-electron chi connectivity index (χ3n) is 3.57. The predicted octanol–water partition coefficient (Wildman–Crippen LogP) is 4.57. The molecule has 0 spiro atoms. The van der Waals surface area contributed by atoms with Crippen LogP contribution in [0.25, 0.3) is 0 Å². The molecule has 3 N–H and O–H groups in total. The second kappa shape index (κ2) is 10.4. The van der Waals surface area contributed by atoms with Crippen LogP contribution in [0, 0.1) is 0 Å². The van der Waals surface area contributed by atoms with E-state index in [1.165, 1.54) is 48.6 Å². The van der Waals surface area contributed by atoms with Gasteiger partial charge in [0.1, 0.15) is 0 Å². The minimum absolute atomic E-state index is 0.380. The van der Waals surface area contributed by atoms with Crippen LogP contribution in [0.2, 0.25) is 0 Å². The van der Waals surface area contributed by atoms with Gasteiger partial charge in [0.05, 0.1) is 0 Å². The van der Waals surface area contributed by atoms with E-state index in [0.717, 1.165) is 12.8 Å². The summed E-state index contributed by atoms with van der Waals surface area (Å²) in [7, 11) is 0. The smallest absolute Gasteiger partial charge is 0.0251 e. The fourth-order valence-electron chi connectivity index (χ4n) is 2.34. The van der Waals surface area contributed by atoms with Gasteiger partial charge in [-0.25, -0.2) is 0 Å². The van der Waals surface area contributed by atoms with E-state index in [4.69, 9.17) is 5.84 Å². The Bertz CT molecular complexity index is 341. The van der Waals surface area contributed by atoms with Crippen molar-refractivity contribution in [2.45, 2.75) is 64.3 Å². The highest BCUT2D eigenvalue weighted by atomic mass is 79.9. The van der Waals surface area contributed by atoms with Crippen molar-refractivity contribution in [1.29, 1.82) is 0 Å². The van der Waals surface area contributed by atoms with E-state index in [-0.39, 0.29) is 0 Å². The molecule has 3 heteroatoms. The van der Waals surface area contributed by atoms with Crippen LogP contribution in [0.1, 0.15) is 57.4 Å². The number of hydrazine groups is 1. The normalized spacial score (nSPS) is 12.6. The SMILES string of the molecule is CCCCCCCCC(Cc1ccccc1Br)NN. The summed E-state index contributed by atoms with van der Waals surface area (Å²) in [6, 6.07) is 8.76. The number of halogens is 1. The third-order valence-corrected chi connectivity index (χ3v) is 4.34. The molecule has 0 aromatic heterocycles. The van der Waals surface area contributed by atoms with Crippen LogP contribution in [0.5, 0.6) is 0 Å². The number of rotatable bonds is 10. The molecule has 1 unspecified atom stereocenters. The standard InChI is InChI=1S/C16H27BrN2/c1-2-3-4-5-6-7-11-15(19-18)13-14-10-8-9-12-16(14)17/h8-10,12,15,19H,2-7,11,13,18H2,1H3. The van der Waals surface area contributed by atoms with E-state index in [2.05, 4.69) is 46.5 Å². The van der Waals surface area contributed by atoms with Crippen LogP contribution in [0.4, 0.5) is 0 Å². The van der Waals surface area contributed by atoms with Crippen molar-refractivity contribution >= 4 is 15.9 Å². The maximum Gasteiger partial charge on any atom is 0.0251 e. The summed E-state index contributed by atoms with van der Waals surface area (Å²) >= 11 is 3.60. The molecular formula is C16H27BrN2. The van der Waals surface area contributed by atoms with Crippen molar-refractivity contribution in [2.75, 3.05) is 0 Å². The summed E-state index contributed by atoms with van der Waals surface area (Å²) in [4.78, 5) is 0. The van der Waals surface area contributed by atoms with Gasteiger partial charge in [-0.15, -0.1) is 0 Å². The Labute approximate surface area is 126 Å². The molecule has 2 nitrogen and oxygen atoms in total. The summed E-state index contributed by atoms with van der Waals surface area (Å²) in [5.74, 6) is 5.67. The summed E-state index contributed by atoms with van der Waals surface area (Å²) < 4.78 is 1.18. The van der Waals surface area contributed by atoms with E-state index in [1.807, 2.05) is 6.07 Å². The zero-order valence-electron chi connectivity index (χ0n) is 12.0. The Morgan fingerprint density at radius 3 is 2.47 bits per heavy atom. The molecule has 0 aliphatic rings. The lowest BCUT2D eigenvalue weighted by molar-refractivity contribution is 0.459. The average Bonchev–Trinajstić information content (AvgIpc) is 2.43. The Balaban J connectivity index is 2.24. The van der Waals surface area contributed by atoms with Gasteiger partial charge >= 0.3 is 0 Å². The summed E-state index contributed by atoms with van der Waals surface area (Å²) in [6.45, 7) is 2.26.